The fourth-order valence-electron chi connectivity index (χ4n) is 1.48. The number of aliphatic hydroxyl groups is 1. The summed E-state index contributed by atoms with van der Waals surface area (Å²) in [6, 6.07) is 5.03. The third-order valence-corrected chi connectivity index (χ3v) is 2.97. The molecule has 0 aliphatic heterocycles. The van der Waals surface area contributed by atoms with Crippen molar-refractivity contribution in [2.24, 2.45) is 0 Å². The van der Waals surface area contributed by atoms with E-state index in [4.69, 9.17) is 28.3 Å². The minimum absolute atomic E-state index is 0.0919. The van der Waals surface area contributed by atoms with Gasteiger partial charge in [-0.1, -0.05) is 29.3 Å². The first-order chi connectivity index (χ1) is 9.08. The summed E-state index contributed by atoms with van der Waals surface area (Å²) in [5, 5.41) is 9.96. The molecule has 1 rings (SSSR count). The average Bonchev–Trinajstić information content (AvgIpc) is 2.39. The molecule has 102 valence electrons. The number of aliphatic hydroxyl groups excluding tert-OH is 1. The van der Waals surface area contributed by atoms with Gasteiger partial charge in [-0.2, -0.15) is 0 Å². The van der Waals surface area contributed by atoms with Crippen LogP contribution in [0.5, 0.6) is 0 Å². The van der Waals surface area contributed by atoms with Crippen molar-refractivity contribution in [3.05, 3.63) is 52.5 Å². The largest absolute Gasteiger partial charge is 0.395 e. The zero-order chi connectivity index (χ0) is 14.3. The van der Waals surface area contributed by atoms with Gasteiger partial charge in [-0.05, 0) is 29.8 Å². The Bertz CT molecular complexity index is 486. The van der Waals surface area contributed by atoms with E-state index in [1.165, 1.54) is 11.0 Å². The Morgan fingerprint density at radius 1 is 1.42 bits per heavy atom. The van der Waals surface area contributed by atoms with Gasteiger partial charge >= 0.3 is 0 Å². The number of carbonyl (C=O) groups excluding carboxylic acids is 1. The van der Waals surface area contributed by atoms with E-state index >= 15 is 0 Å². The molecule has 0 unspecified atom stereocenters. The predicted octanol–water partition coefficient (Wildman–Crippen LogP) is 3.01. The molecule has 19 heavy (non-hydrogen) atoms. The molecule has 0 fully saturated rings. The number of hydrogen-bond donors (Lipinski definition) is 1. The molecule has 0 radical (unpaired) electrons. The van der Waals surface area contributed by atoms with Gasteiger partial charge in [0.15, 0.2) is 0 Å². The van der Waals surface area contributed by atoms with E-state index in [1.807, 2.05) is 0 Å². The summed E-state index contributed by atoms with van der Waals surface area (Å²) in [6.45, 7) is 4.12. The molecule has 0 bridgehead atoms. The van der Waals surface area contributed by atoms with Crippen LogP contribution < -0.4 is 0 Å². The average molecular weight is 300 g/mol. The second-order valence-corrected chi connectivity index (χ2v) is 4.64. The van der Waals surface area contributed by atoms with Crippen LogP contribution in [0.25, 0.3) is 6.08 Å². The lowest BCUT2D eigenvalue weighted by Crippen LogP contribution is -2.32. The Labute approximate surface area is 122 Å². The van der Waals surface area contributed by atoms with Gasteiger partial charge in [0.25, 0.3) is 0 Å². The van der Waals surface area contributed by atoms with Gasteiger partial charge in [0, 0.05) is 29.2 Å². The van der Waals surface area contributed by atoms with Crippen molar-refractivity contribution in [2.75, 3.05) is 19.7 Å². The van der Waals surface area contributed by atoms with Crippen LogP contribution >= 0.6 is 23.2 Å². The molecule has 0 aliphatic rings. The second-order valence-electron chi connectivity index (χ2n) is 3.80. The molecule has 0 aromatic heterocycles. The van der Waals surface area contributed by atoms with Gasteiger partial charge in [-0.3, -0.25) is 4.79 Å². The summed E-state index contributed by atoms with van der Waals surface area (Å²) in [5.41, 5.74) is 0.671. The van der Waals surface area contributed by atoms with Crippen LogP contribution in [-0.4, -0.2) is 35.6 Å². The molecule has 0 atom stereocenters. The van der Waals surface area contributed by atoms with Gasteiger partial charge in [0.2, 0.25) is 5.91 Å². The lowest BCUT2D eigenvalue weighted by molar-refractivity contribution is -0.125. The van der Waals surface area contributed by atoms with Crippen LogP contribution in [0.3, 0.4) is 0 Å². The first-order valence-corrected chi connectivity index (χ1v) is 6.48. The van der Waals surface area contributed by atoms with Crippen molar-refractivity contribution in [2.45, 2.75) is 0 Å². The SMILES string of the molecule is C=CCN(CCO)C(=O)/C=C/c1cc(Cl)ccc1Cl. The molecule has 1 N–H and O–H groups in total. The highest BCUT2D eigenvalue weighted by Crippen LogP contribution is 2.21. The maximum Gasteiger partial charge on any atom is 0.246 e. The van der Waals surface area contributed by atoms with E-state index in [1.54, 1.807) is 30.4 Å². The number of rotatable bonds is 6. The monoisotopic (exact) mass is 299 g/mol. The summed E-state index contributed by atoms with van der Waals surface area (Å²) in [6.07, 6.45) is 4.61. The molecule has 3 nitrogen and oxygen atoms in total. The third kappa shape index (κ3) is 5.07. The second kappa shape index (κ2) is 8.00. The summed E-state index contributed by atoms with van der Waals surface area (Å²) in [5.74, 6) is -0.218. The molecule has 0 heterocycles. The molecule has 0 aliphatic carbocycles. The summed E-state index contributed by atoms with van der Waals surface area (Å²) in [4.78, 5) is 13.4. The van der Waals surface area contributed by atoms with Crippen molar-refractivity contribution >= 4 is 35.2 Å². The Kier molecular flexibility index (Phi) is 6.64. The lowest BCUT2D eigenvalue weighted by atomic mass is 10.2. The van der Waals surface area contributed by atoms with E-state index in [9.17, 15) is 4.79 Å². The smallest absolute Gasteiger partial charge is 0.246 e. The van der Waals surface area contributed by atoms with Crippen molar-refractivity contribution in [1.82, 2.24) is 4.90 Å². The highest BCUT2D eigenvalue weighted by atomic mass is 35.5. The molecule has 0 saturated heterocycles. The third-order valence-electron chi connectivity index (χ3n) is 2.39. The standard InChI is InChI=1S/C14H15Cl2NO2/c1-2-7-17(8-9-18)14(19)6-3-11-10-12(15)4-5-13(11)16/h2-6,10,18H,1,7-9H2/b6-3+. The molecule has 1 amide bonds. The minimum atomic E-state index is -0.218. The number of benzene rings is 1. The highest BCUT2D eigenvalue weighted by molar-refractivity contribution is 6.34. The molecule has 1 aromatic rings. The zero-order valence-corrected chi connectivity index (χ0v) is 11.9. The highest BCUT2D eigenvalue weighted by Gasteiger charge is 2.08. The first kappa shape index (κ1) is 15.8. The van der Waals surface area contributed by atoms with Gasteiger partial charge in [0.05, 0.1) is 6.61 Å². The summed E-state index contributed by atoms with van der Waals surface area (Å²) in [7, 11) is 0. The lowest BCUT2D eigenvalue weighted by Gasteiger charge is -2.17. The van der Waals surface area contributed by atoms with Crippen LogP contribution in [0.4, 0.5) is 0 Å². The molecular formula is C14H15Cl2NO2. The Morgan fingerprint density at radius 3 is 2.79 bits per heavy atom. The number of carbonyl (C=O) groups is 1. The molecule has 0 spiro atoms. The van der Waals surface area contributed by atoms with Crippen molar-refractivity contribution in [3.63, 3.8) is 0 Å². The van der Waals surface area contributed by atoms with Gasteiger partial charge in [-0.25, -0.2) is 0 Å². The van der Waals surface area contributed by atoms with Crippen LogP contribution in [0.2, 0.25) is 10.0 Å². The molecule has 0 saturated carbocycles. The predicted molar refractivity (Wildman–Crippen MR) is 79.4 cm³/mol. The fraction of sp³-hybridized carbons (Fsp3) is 0.214. The van der Waals surface area contributed by atoms with E-state index in [0.717, 1.165) is 0 Å². The van der Waals surface area contributed by atoms with Crippen LogP contribution in [0.1, 0.15) is 5.56 Å². The zero-order valence-electron chi connectivity index (χ0n) is 10.4. The van der Waals surface area contributed by atoms with Crippen molar-refractivity contribution in [3.8, 4) is 0 Å². The van der Waals surface area contributed by atoms with E-state index in [2.05, 4.69) is 6.58 Å². The Balaban J connectivity index is 2.81. The van der Waals surface area contributed by atoms with Gasteiger partial charge < -0.3 is 10.0 Å². The van der Waals surface area contributed by atoms with Gasteiger partial charge in [0.1, 0.15) is 0 Å². The van der Waals surface area contributed by atoms with Crippen LogP contribution in [0, 0.1) is 0 Å². The maximum atomic E-state index is 11.9. The molecule has 1 aromatic carbocycles. The quantitative estimate of drug-likeness (QED) is 0.648. The van der Waals surface area contributed by atoms with E-state index in [0.29, 0.717) is 22.2 Å². The summed E-state index contributed by atoms with van der Waals surface area (Å²) < 4.78 is 0. The number of halogens is 2. The molecule has 5 heteroatoms. The Morgan fingerprint density at radius 2 is 2.16 bits per heavy atom. The van der Waals surface area contributed by atoms with E-state index < -0.39 is 0 Å². The van der Waals surface area contributed by atoms with Crippen molar-refractivity contribution < 1.29 is 9.90 Å². The first-order valence-electron chi connectivity index (χ1n) is 5.72. The number of hydrogen-bond acceptors (Lipinski definition) is 2. The summed E-state index contributed by atoms with van der Waals surface area (Å²) >= 11 is 11.9. The van der Waals surface area contributed by atoms with Gasteiger partial charge in [-0.15, -0.1) is 6.58 Å². The maximum absolute atomic E-state index is 11.9. The fourth-order valence-corrected chi connectivity index (χ4v) is 1.84. The molecular weight excluding hydrogens is 285 g/mol. The minimum Gasteiger partial charge on any atom is -0.395 e. The van der Waals surface area contributed by atoms with Crippen LogP contribution in [0.15, 0.2) is 36.9 Å². The number of amides is 1. The van der Waals surface area contributed by atoms with Crippen LogP contribution in [-0.2, 0) is 4.79 Å². The number of nitrogens with zero attached hydrogens (tertiary/aromatic N) is 1. The van der Waals surface area contributed by atoms with Crippen molar-refractivity contribution in [1.29, 1.82) is 0 Å². The topological polar surface area (TPSA) is 40.5 Å². The Hall–Kier alpha value is -1.29. The van der Waals surface area contributed by atoms with E-state index in [-0.39, 0.29) is 19.1 Å². The normalized spacial score (nSPS) is 10.7.